The Bertz CT molecular complexity index is 892. The molecule has 140 valence electrons. The largest absolute Gasteiger partial charge is 0.481 e. The van der Waals surface area contributed by atoms with Crippen LogP contribution in [0.25, 0.3) is 11.5 Å². The number of carbonyl (C=O) groups is 1. The van der Waals surface area contributed by atoms with Crippen molar-refractivity contribution in [2.45, 2.75) is 26.4 Å². The molecule has 3 aromatic rings. The monoisotopic (exact) mass is 365 g/mol. The maximum atomic E-state index is 12.5. The van der Waals surface area contributed by atoms with E-state index in [0.29, 0.717) is 30.4 Å². The number of amides is 1. The molecule has 1 heterocycles. The van der Waals surface area contributed by atoms with Gasteiger partial charge >= 0.3 is 0 Å². The first-order chi connectivity index (χ1) is 13.0. The average Bonchev–Trinajstić information content (AvgIpc) is 3.15. The summed E-state index contributed by atoms with van der Waals surface area (Å²) in [7, 11) is 1.74. The van der Waals surface area contributed by atoms with Crippen LogP contribution in [0.3, 0.4) is 0 Å². The Morgan fingerprint density at radius 1 is 1.19 bits per heavy atom. The minimum Gasteiger partial charge on any atom is -0.481 e. The minimum atomic E-state index is -0.564. The fraction of sp³-hybridized carbons (Fsp3) is 0.286. The molecule has 1 aromatic heterocycles. The Morgan fingerprint density at radius 3 is 2.70 bits per heavy atom. The van der Waals surface area contributed by atoms with Crippen LogP contribution in [0.5, 0.6) is 5.75 Å². The summed E-state index contributed by atoms with van der Waals surface area (Å²) in [5, 5.41) is 4.01. The van der Waals surface area contributed by atoms with Crippen LogP contribution in [0.15, 0.2) is 59.1 Å². The van der Waals surface area contributed by atoms with Crippen LogP contribution >= 0.6 is 0 Å². The second-order valence-electron chi connectivity index (χ2n) is 6.47. The third-order valence-corrected chi connectivity index (χ3v) is 4.18. The predicted octanol–water partition coefficient (Wildman–Crippen LogP) is 3.51. The average molecular weight is 365 g/mol. The van der Waals surface area contributed by atoms with Crippen molar-refractivity contribution in [3.05, 3.63) is 66.0 Å². The van der Waals surface area contributed by atoms with Crippen molar-refractivity contribution < 1.29 is 14.1 Å². The van der Waals surface area contributed by atoms with E-state index in [1.165, 1.54) is 0 Å². The molecular formula is C21H23N3O3. The molecule has 3 rings (SSSR count). The SMILES string of the molecule is Cc1cccc(-c2nc(CCN(C)C(=O)[C@H](C)Oc3ccccc3)no2)c1. The number of likely N-dealkylation sites (N-methyl/N-ethyl adjacent to an activating group) is 1. The Balaban J connectivity index is 1.54. The lowest BCUT2D eigenvalue weighted by atomic mass is 10.1. The van der Waals surface area contributed by atoms with Crippen LogP contribution in [-0.2, 0) is 11.2 Å². The molecule has 0 saturated heterocycles. The maximum absolute atomic E-state index is 12.5. The predicted molar refractivity (Wildman–Crippen MR) is 102 cm³/mol. The molecule has 6 nitrogen and oxygen atoms in total. The van der Waals surface area contributed by atoms with Crippen LogP contribution in [0.2, 0.25) is 0 Å². The topological polar surface area (TPSA) is 68.5 Å². The van der Waals surface area contributed by atoms with Gasteiger partial charge < -0.3 is 14.2 Å². The lowest BCUT2D eigenvalue weighted by molar-refractivity contribution is -0.136. The summed E-state index contributed by atoms with van der Waals surface area (Å²) in [6, 6.07) is 17.2. The fourth-order valence-corrected chi connectivity index (χ4v) is 2.69. The Hall–Kier alpha value is -3.15. The van der Waals surface area contributed by atoms with Crippen molar-refractivity contribution in [1.29, 1.82) is 0 Å². The lowest BCUT2D eigenvalue weighted by Crippen LogP contribution is -2.39. The van der Waals surface area contributed by atoms with Gasteiger partial charge in [0.05, 0.1) is 0 Å². The molecule has 0 N–H and O–H groups in total. The van der Waals surface area contributed by atoms with Crippen molar-refractivity contribution in [3.63, 3.8) is 0 Å². The number of hydrogen-bond donors (Lipinski definition) is 0. The highest BCUT2D eigenvalue weighted by molar-refractivity contribution is 5.80. The highest BCUT2D eigenvalue weighted by atomic mass is 16.5. The number of aromatic nitrogens is 2. The minimum absolute atomic E-state index is 0.0961. The van der Waals surface area contributed by atoms with Crippen LogP contribution in [-0.4, -0.2) is 40.6 Å². The number of hydrogen-bond acceptors (Lipinski definition) is 5. The number of para-hydroxylation sites is 1. The van der Waals surface area contributed by atoms with Gasteiger partial charge in [-0.2, -0.15) is 4.98 Å². The van der Waals surface area contributed by atoms with Gasteiger partial charge in [-0.05, 0) is 38.1 Å². The zero-order valence-electron chi connectivity index (χ0n) is 15.8. The van der Waals surface area contributed by atoms with Crippen molar-refractivity contribution in [1.82, 2.24) is 15.0 Å². The van der Waals surface area contributed by atoms with E-state index in [4.69, 9.17) is 9.26 Å². The number of ether oxygens (including phenoxy) is 1. The third kappa shape index (κ3) is 4.94. The molecule has 1 amide bonds. The summed E-state index contributed by atoms with van der Waals surface area (Å²) in [4.78, 5) is 18.5. The standard InChI is InChI=1S/C21H23N3O3/c1-15-8-7-9-17(14-15)20-22-19(23-27-20)12-13-24(3)21(25)16(2)26-18-10-5-4-6-11-18/h4-11,14,16H,12-13H2,1-3H3/t16-/m0/s1. The van der Waals surface area contributed by atoms with E-state index in [1.807, 2.05) is 61.5 Å². The van der Waals surface area contributed by atoms with Crippen LogP contribution in [0, 0.1) is 6.92 Å². The highest BCUT2D eigenvalue weighted by Gasteiger charge is 2.20. The van der Waals surface area contributed by atoms with E-state index in [2.05, 4.69) is 10.1 Å². The molecule has 6 heteroatoms. The molecule has 0 spiro atoms. The molecule has 0 aliphatic heterocycles. The summed E-state index contributed by atoms with van der Waals surface area (Å²) in [5.41, 5.74) is 2.02. The van der Waals surface area contributed by atoms with Gasteiger partial charge in [0, 0.05) is 25.6 Å². The van der Waals surface area contributed by atoms with Gasteiger partial charge in [0.1, 0.15) is 5.75 Å². The Morgan fingerprint density at radius 2 is 1.96 bits per heavy atom. The van der Waals surface area contributed by atoms with Crippen molar-refractivity contribution in [2.75, 3.05) is 13.6 Å². The van der Waals surface area contributed by atoms with E-state index in [1.54, 1.807) is 18.9 Å². The lowest BCUT2D eigenvalue weighted by Gasteiger charge is -2.21. The molecule has 0 aliphatic carbocycles. The smallest absolute Gasteiger partial charge is 0.263 e. The Kier molecular flexibility index (Phi) is 5.86. The molecule has 0 saturated carbocycles. The Labute approximate surface area is 158 Å². The van der Waals surface area contributed by atoms with Gasteiger partial charge in [-0.3, -0.25) is 4.79 Å². The van der Waals surface area contributed by atoms with Gasteiger partial charge in [0.25, 0.3) is 11.8 Å². The van der Waals surface area contributed by atoms with Gasteiger partial charge in [0.2, 0.25) is 0 Å². The van der Waals surface area contributed by atoms with E-state index in [-0.39, 0.29) is 5.91 Å². The highest BCUT2D eigenvalue weighted by Crippen LogP contribution is 2.18. The summed E-state index contributed by atoms with van der Waals surface area (Å²) in [5.74, 6) is 1.64. The van der Waals surface area contributed by atoms with Gasteiger partial charge in [-0.25, -0.2) is 0 Å². The zero-order chi connectivity index (χ0) is 19.2. The molecule has 1 atom stereocenters. The molecule has 0 unspecified atom stereocenters. The van der Waals surface area contributed by atoms with Gasteiger partial charge in [-0.1, -0.05) is 41.1 Å². The van der Waals surface area contributed by atoms with Gasteiger partial charge in [0.15, 0.2) is 11.9 Å². The van der Waals surface area contributed by atoms with Crippen LogP contribution in [0.1, 0.15) is 18.3 Å². The van der Waals surface area contributed by atoms with E-state index in [0.717, 1.165) is 11.1 Å². The number of benzene rings is 2. The number of carbonyl (C=O) groups excluding carboxylic acids is 1. The summed E-state index contributed by atoms with van der Waals surface area (Å²) >= 11 is 0. The first-order valence-electron chi connectivity index (χ1n) is 8.89. The van der Waals surface area contributed by atoms with Crippen molar-refractivity contribution in [3.8, 4) is 17.2 Å². The molecule has 0 bridgehead atoms. The first-order valence-corrected chi connectivity index (χ1v) is 8.89. The molecule has 2 aromatic carbocycles. The van der Waals surface area contributed by atoms with Crippen molar-refractivity contribution >= 4 is 5.91 Å². The molecular weight excluding hydrogens is 342 g/mol. The quantitative estimate of drug-likeness (QED) is 0.641. The summed E-state index contributed by atoms with van der Waals surface area (Å²) in [6.45, 7) is 4.24. The molecule has 0 radical (unpaired) electrons. The third-order valence-electron chi connectivity index (χ3n) is 4.18. The number of nitrogens with zero attached hydrogens (tertiary/aromatic N) is 3. The second kappa shape index (κ2) is 8.49. The fourth-order valence-electron chi connectivity index (χ4n) is 2.69. The van der Waals surface area contributed by atoms with E-state index in [9.17, 15) is 4.79 Å². The number of aryl methyl sites for hydroxylation is 1. The van der Waals surface area contributed by atoms with E-state index < -0.39 is 6.10 Å². The first kappa shape index (κ1) is 18.6. The normalized spacial score (nSPS) is 11.8. The molecule has 27 heavy (non-hydrogen) atoms. The summed E-state index contributed by atoms with van der Waals surface area (Å²) < 4.78 is 11.0. The zero-order valence-corrected chi connectivity index (χ0v) is 15.8. The molecule has 0 fully saturated rings. The van der Waals surface area contributed by atoms with Gasteiger partial charge in [-0.15, -0.1) is 0 Å². The van der Waals surface area contributed by atoms with E-state index >= 15 is 0 Å². The van der Waals surface area contributed by atoms with Crippen LogP contribution < -0.4 is 4.74 Å². The summed E-state index contributed by atoms with van der Waals surface area (Å²) in [6.07, 6.45) is -0.0548. The number of rotatable bonds is 7. The van der Waals surface area contributed by atoms with Crippen LogP contribution in [0.4, 0.5) is 0 Å². The molecule has 0 aliphatic rings. The maximum Gasteiger partial charge on any atom is 0.263 e. The second-order valence-corrected chi connectivity index (χ2v) is 6.47. The van der Waals surface area contributed by atoms with Crippen molar-refractivity contribution in [2.24, 2.45) is 0 Å².